The van der Waals surface area contributed by atoms with Gasteiger partial charge in [0.25, 0.3) is 0 Å². The predicted molar refractivity (Wildman–Crippen MR) is 95.5 cm³/mol. The average molecular weight is 343 g/mol. The van der Waals surface area contributed by atoms with Crippen LogP contribution in [0.4, 0.5) is 0 Å². The molecule has 1 saturated heterocycles. The predicted octanol–water partition coefficient (Wildman–Crippen LogP) is 1.28. The molecule has 1 aliphatic rings. The Morgan fingerprint density at radius 3 is 2.48 bits per heavy atom. The van der Waals surface area contributed by atoms with E-state index in [-0.39, 0.29) is 24.3 Å². The van der Waals surface area contributed by atoms with Gasteiger partial charge in [-0.2, -0.15) is 0 Å². The van der Waals surface area contributed by atoms with Gasteiger partial charge >= 0.3 is 0 Å². The Kier molecular flexibility index (Phi) is 5.62. The number of likely N-dealkylation sites (N-methyl/N-ethyl adjacent to an activating group) is 1. The molecule has 1 aliphatic heterocycles. The van der Waals surface area contributed by atoms with Crippen molar-refractivity contribution in [2.45, 2.75) is 25.9 Å². The fraction of sp³-hybridized carbons (Fsp3) is 0.421. The number of carbonyl (C=O) groups is 3. The van der Waals surface area contributed by atoms with Crippen molar-refractivity contribution in [1.82, 2.24) is 14.7 Å². The number of piperazine rings is 1. The van der Waals surface area contributed by atoms with Crippen molar-refractivity contribution in [1.29, 1.82) is 0 Å². The first-order valence-corrected chi connectivity index (χ1v) is 8.28. The van der Waals surface area contributed by atoms with E-state index in [1.54, 1.807) is 30.7 Å². The lowest BCUT2D eigenvalue weighted by molar-refractivity contribution is -0.160. The summed E-state index contributed by atoms with van der Waals surface area (Å²) < 4.78 is 0. The molecule has 1 heterocycles. The quantitative estimate of drug-likeness (QED) is 0.757. The SMILES string of the molecule is C=CC(=O)N(C)CC(=O)N1CCN(Cc2ccccc2)C(=O)C1(C)C. The number of rotatable bonds is 5. The topological polar surface area (TPSA) is 60.9 Å². The standard InChI is InChI=1S/C19H25N3O3/c1-5-16(23)20(4)14-17(24)22-12-11-21(18(25)19(22,2)3)13-15-9-7-6-8-10-15/h5-10H,1,11-14H2,2-4H3. The van der Waals surface area contributed by atoms with Crippen LogP contribution < -0.4 is 0 Å². The molecular weight excluding hydrogens is 318 g/mol. The van der Waals surface area contributed by atoms with Crippen LogP contribution in [0.3, 0.4) is 0 Å². The Balaban J connectivity index is 2.07. The first-order valence-electron chi connectivity index (χ1n) is 8.28. The van der Waals surface area contributed by atoms with Crippen LogP contribution in [0.15, 0.2) is 43.0 Å². The molecule has 134 valence electrons. The largest absolute Gasteiger partial charge is 0.335 e. The maximum atomic E-state index is 12.9. The fourth-order valence-electron chi connectivity index (χ4n) is 3.02. The van der Waals surface area contributed by atoms with E-state index in [1.165, 1.54) is 11.0 Å². The highest BCUT2D eigenvalue weighted by Gasteiger charge is 2.44. The highest BCUT2D eigenvalue weighted by atomic mass is 16.2. The third kappa shape index (κ3) is 4.07. The van der Waals surface area contributed by atoms with Gasteiger partial charge in [-0.05, 0) is 25.5 Å². The normalized spacial score (nSPS) is 16.5. The Morgan fingerprint density at radius 2 is 1.88 bits per heavy atom. The molecule has 1 fully saturated rings. The number of amides is 3. The second-order valence-electron chi connectivity index (χ2n) is 6.72. The van der Waals surface area contributed by atoms with E-state index in [4.69, 9.17) is 0 Å². The van der Waals surface area contributed by atoms with E-state index < -0.39 is 5.54 Å². The minimum absolute atomic E-state index is 0.0692. The number of benzene rings is 1. The first kappa shape index (κ1) is 18.7. The van der Waals surface area contributed by atoms with Crippen molar-refractivity contribution < 1.29 is 14.4 Å². The molecule has 1 aromatic rings. The van der Waals surface area contributed by atoms with Crippen molar-refractivity contribution in [3.05, 3.63) is 48.6 Å². The van der Waals surface area contributed by atoms with Crippen molar-refractivity contribution in [2.24, 2.45) is 0 Å². The summed E-state index contributed by atoms with van der Waals surface area (Å²) in [5.41, 5.74) is 0.116. The van der Waals surface area contributed by atoms with Crippen LogP contribution in [-0.4, -0.2) is 64.6 Å². The lowest BCUT2D eigenvalue weighted by atomic mass is 9.96. The molecule has 6 nitrogen and oxygen atoms in total. The lowest BCUT2D eigenvalue weighted by Gasteiger charge is -2.46. The summed E-state index contributed by atoms with van der Waals surface area (Å²) in [4.78, 5) is 41.7. The lowest BCUT2D eigenvalue weighted by Crippen LogP contribution is -2.65. The Labute approximate surface area is 148 Å². The molecule has 3 amide bonds. The minimum Gasteiger partial charge on any atom is -0.335 e. The van der Waals surface area contributed by atoms with Crippen LogP contribution in [0.2, 0.25) is 0 Å². The zero-order chi connectivity index (χ0) is 18.6. The van der Waals surface area contributed by atoms with Gasteiger partial charge in [-0.25, -0.2) is 0 Å². The zero-order valence-electron chi connectivity index (χ0n) is 15.1. The minimum atomic E-state index is -0.942. The third-order valence-electron chi connectivity index (χ3n) is 4.52. The van der Waals surface area contributed by atoms with Crippen molar-refractivity contribution in [2.75, 3.05) is 26.7 Å². The summed E-state index contributed by atoms with van der Waals surface area (Å²) >= 11 is 0. The van der Waals surface area contributed by atoms with E-state index >= 15 is 0 Å². The second kappa shape index (κ2) is 7.51. The summed E-state index contributed by atoms with van der Waals surface area (Å²) in [5.74, 6) is -0.649. The molecule has 0 radical (unpaired) electrons. The molecule has 0 spiro atoms. The van der Waals surface area contributed by atoms with Crippen LogP contribution in [0.5, 0.6) is 0 Å². The summed E-state index contributed by atoms with van der Waals surface area (Å²) in [5, 5.41) is 0. The van der Waals surface area contributed by atoms with Gasteiger partial charge < -0.3 is 14.7 Å². The van der Waals surface area contributed by atoms with Crippen molar-refractivity contribution in [3.63, 3.8) is 0 Å². The highest BCUT2D eigenvalue weighted by molar-refractivity contribution is 5.94. The number of hydrogen-bond acceptors (Lipinski definition) is 3. The Hall–Kier alpha value is -2.63. The van der Waals surface area contributed by atoms with Crippen LogP contribution >= 0.6 is 0 Å². The molecule has 1 aromatic carbocycles. The van der Waals surface area contributed by atoms with Gasteiger partial charge in [0, 0.05) is 26.7 Å². The number of carbonyl (C=O) groups excluding carboxylic acids is 3. The molecule has 0 N–H and O–H groups in total. The molecule has 2 rings (SSSR count). The Morgan fingerprint density at radius 1 is 1.24 bits per heavy atom. The Bertz CT molecular complexity index is 670. The number of hydrogen-bond donors (Lipinski definition) is 0. The molecule has 0 unspecified atom stereocenters. The van der Waals surface area contributed by atoms with Gasteiger partial charge in [-0.1, -0.05) is 36.9 Å². The summed E-state index contributed by atoms with van der Waals surface area (Å²) in [6, 6.07) is 9.78. The first-order chi connectivity index (χ1) is 11.8. The molecular formula is C19H25N3O3. The molecule has 0 aliphatic carbocycles. The van der Waals surface area contributed by atoms with Gasteiger partial charge in [0.05, 0.1) is 6.54 Å². The third-order valence-corrected chi connectivity index (χ3v) is 4.52. The summed E-state index contributed by atoms with van der Waals surface area (Å²) in [6.45, 7) is 8.29. The number of nitrogens with zero attached hydrogens (tertiary/aromatic N) is 3. The van der Waals surface area contributed by atoms with Gasteiger partial charge in [0.15, 0.2) is 0 Å². The van der Waals surface area contributed by atoms with E-state index in [9.17, 15) is 14.4 Å². The van der Waals surface area contributed by atoms with E-state index in [1.807, 2.05) is 30.3 Å². The zero-order valence-corrected chi connectivity index (χ0v) is 15.1. The second-order valence-corrected chi connectivity index (χ2v) is 6.72. The monoisotopic (exact) mass is 343 g/mol. The van der Waals surface area contributed by atoms with Crippen LogP contribution in [0.25, 0.3) is 0 Å². The van der Waals surface area contributed by atoms with E-state index in [0.717, 1.165) is 5.56 Å². The van der Waals surface area contributed by atoms with Crippen molar-refractivity contribution in [3.8, 4) is 0 Å². The van der Waals surface area contributed by atoms with E-state index in [2.05, 4.69) is 6.58 Å². The molecule has 25 heavy (non-hydrogen) atoms. The van der Waals surface area contributed by atoms with Gasteiger partial charge in [-0.3, -0.25) is 14.4 Å². The fourth-order valence-corrected chi connectivity index (χ4v) is 3.02. The van der Waals surface area contributed by atoms with Crippen LogP contribution in [0.1, 0.15) is 19.4 Å². The maximum absolute atomic E-state index is 12.9. The molecule has 6 heteroatoms. The molecule has 0 aromatic heterocycles. The van der Waals surface area contributed by atoms with Crippen molar-refractivity contribution >= 4 is 17.7 Å². The van der Waals surface area contributed by atoms with Gasteiger partial charge in [0.1, 0.15) is 5.54 Å². The summed E-state index contributed by atoms with van der Waals surface area (Å²) in [7, 11) is 1.54. The van der Waals surface area contributed by atoms with Crippen LogP contribution in [-0.2, 0) is 20.9 Å². The smallest absolute Gasteiger partial charge is 0.248 e. The summed E-state index contributed by atoms with van der Waals surface area (Å²) in [6.07, 6.45) is 1.17. The van der Waals surface area contributed by atoms with Gasteiger partial charge in [-0.15, -0.1) is 0 Å². The van der Waals surface area contributed by atoms with E-state index in [0.29, 0.717) is 19.6 Å². The molecule has 0 atom stereocenters. The molecule has 0 saturated carbocycles. The van der Waals surface area contributed by atoms with Gasteiger partial charge in [0.2, 0.25) is 17.7 Å². The van der Waals surface area contributed by atoms with Crippen LogP contribution in [0, 0.1) is 0 Å². The highest BCUT2D eigenvalue weighted by Crippen LogP contribution is 2.24. The maximum Gasteiger partial charge on any atom is 0.248 e. The average Bonchev–Trinajstić information content (AvgIpc) is 2.59. The molecule has 0 bridgehead atoms.